The van der Waals surface area contributed by atoms with E-state index in [1.165, 1.54) is 0 Å². The molecule has 1 aliphatic rings. The van der Waals surface area contributed by atoms with Gasteiger partial charge in [-0.05, 0) is 44.9 Å². The van der Waals surface area contributed by atoms with E-state index in [-0.39, 0.29) is 11.9 Å². The van der Waals surface area contributed by atoms with Crippen LogP contribution in [0.1, 0.15) is 46.4 Å². The van der Waals surface area contributed by atoms with Crippen molar-refractivity contribution in [2.75, 3.05) is 6.54 Å². The highest BCUT2D eigenvalue weighted by Crippen LogP contribution is 2.34. The Morgan fingerprint density at radius 1 is 1.38 bits per heavy atom. The quantitative estimate of drug-likeness (QED) is 0.726. The van der Waals surface area contributed by atoms with Crippen LogP contribution in [0.5, 0.6) is 0 Å². The van der Waals surface area contributed by atoms with Crippen molar-refractivity contribution in [2.24, 2.45) is 7.05 Å². The summed E-state index contributed by atoms with van der Waals surface area (Å²) in [6.45, 7) is 4.57. The van der Waals surface area contributed by atoms with Gasteiger partial charge in [0.2, 0.25) is 0 Å². The number of nitrogens with zero attached hydrogens (tertiary/aromatic N) is 4. The Hall–Kier alpha value is -2.63. The Labute approximate surface area is 140 Å². The van der Waals surface area contributed by atoms with Crippen LogP contribution in [0.25, 0.3) is 11.0 Å². The van der Waals surface area contributed by atoms with Gasteiger partial charge in [-0.1, -0.05) is 0 Å². The summed E-state index contributed by atoms with van der Waals surface area (Å²) >= 11 is 0. The summed E-state index contributed by atoms with van der Waals surface area (Å²) in [6, 6.07) is 5.69. The Bertz CT molecular complexity index is 911. The molecule has 3 aromatic heterocycles. The van der Waals surface area contributed by atoms with E-state index in [0.29, 0.717) is 5.56 Å². The van der Waals surface area contributed by atoms with Crippen LogP contribution in [0.3, 0.4) is 0 Å². The van der Waals surface area contributed by atoms with Gasteiger partial charge in [0, 0.05) is 19.3 Å². The predicted octanol–water partition coefficient (Wildman–Crippen LogP) is 3.16. The second-order valence-electron chi connectivity index (χ2n) is 6.39. The van der Waals surface area contributed by atoms with E-state index in [1.54, 1.807) is 10.9 Å². The molecule has 1 saturated heterocycles. The zero-order valence-corrected chi connectivity index (χ0v) is 14.1. The lowest BCUT2D eigenvalue weighted by molar-refractivity contribution is 0.0721. The molecule has 1 atom stereocenters. The van der Waals surface area contributed by atoms with E-state index < -0.39 is 0 Å². The molecule has 24 heavy (non-hydrogen) atoms. The maximum atomic E-state index is 13.3. The minimum absolute atomic E-state index is 0.00741. The summed E-state index contributed by atoms with van der Waals surface area (Å²) in [5.41, 5.74) is 3.09. The van der Waals surface area contributed by atoms with Crippen molar-refractivity contribution in [3.63, 3.8) is 0 Å². The van der Waals surface area contributed by atoms with Gasteiger partial charge < -0.3 is 9.32 Å². The summed E-state index contributed by atoms with van der Waals surface area (Å²) in [6.07, 6.45) is 3.57. The highest BCUT2D eigenvalue weighted by molar-refractivity contribution is 6.06. The lowest BCUT2D eigenvalue weighted by Gasteiger charge is -2.23. The fraction of sp³-hybridized carbons (Fsp3) is 0.389. The first-order chi connectivity index (χ1) is 11.6. The first kappa shape index (κ1) is 14.9. The third-order valence-electron chi connectivity index (χ3n) is 4.71. The van der Waals surface area contributed by atoms with E-state index in [9.17, 15) is 4.79 Å². The highest BCUT2D eigenvalue weighted by atomic mass is 16.3. The molecule has 0 aromatic carbocycles. The van der Waals surface area contributed by atoms with Crippen molar-refractivity contribution in [1.82, 2.24) is 19.7 Å². The molecule has 6 nitrogen and oxygen atoms in total. The fourth-order valence-corrected chi connectivity index (χ4v) is 3.68. The summed E-state index contributed by atoms with van der Waals surface area (Å²) in [5, 5.41) is 5.28. The van der Waals surface area contributed by atoms with Gasteiger partial charge in [-0.15, -0.1) is 0 Å². The van der Waals surface area contributed by atoms with Crippen molar-refractivity contribution >= 4 is 16.9 Å². The summed E-state index contributed by atoms with van der Waals surface area (Å²) in [7, 11) is 1.86. The van der Waals surface area contributed by atoms with Crippen LogP contribution in [-0.4, -0.2) is 32.1 Å². The third-order valence-corrected chi connectivity index (χ3v) is 4.71. The number of fused-ring (bicyclic) bond motifs is 1. The number of aromatic nitrogens is 3. The number of hydrogen-bond acceptors (Lipinski definition) is 4. The minimum atomic E-state index is 0.00741. The van der Waals surface area contributed by atoms with Crippen LogP contribution in [-0.2, 0) is 7.05 Å². The SMILES string of the molecule is Cc1cc(C(=O)N2CCC[C@@H]2c2ccco2)c2c(C)nn(C)c2n1. The molecular formula is C18H20N4O2. The van der Waals surface area contributed by atoms with E-state index >= 15 is 0 Å². The predicted molar refractivity (Wildman–Crippen MR) is 89.7 cm³/mol. The number of amides is 1. The number of carbonyl (C=O) groups excluding carboxylic acids is 1. The normalized spacial score (nSPS) is 17.8. The summed E-state index contributed by atoms with van der Waals surface area (Å²) in [5.74, 6) is 0.881. The smallest absolute Gasteiger partial charge is 0.255 e. The van der Waals surface area contributed by atoms with Crippen LogP contribution in [0.15, 0.2) is 28.9 Å². The largest absolute Gasteiger partial charge is 0.467 e. The molecule has 0 unspecified atom stereocenters. The molecule has 3 aromatic rings. The van der Waals surface area contributed by atoms with E-state index in [4.69, 9.17) is 4.42 Å². The molecule has 0 saturated carbocycles. The first-order valence-electron chi connectivity index (χ1n) is 8.21. The average molecular weight is 324 g/mol. The van der Waals surface area contributed by atoms with Crippen molar-refractivity contribution in [1.29, 1.82) is 0 Å². The van der Waals surface area contributed by atoms with Crippen molar-refractivity contribution in [3.8, 4) is 0 Å². The van der Waals surface area contributed by atoms with Crippen LogP contribution in [0.4, 0.5) is 0 Å². The van der Waals surface area contributed by atoms with Gasteiger partial charge in [0.05, 0.1) is 28.9 Å². The van der Waals surface area contributed by atoms with Gasteiger partial charge in [-0.3, -0.25) is 9.48 Å². The maximum Gasteiger partial charge on any atom is 0.255 e. The number of aryl methyl sites for hydroxylation is 3. The number of pyridine rings is 1. The van der Waals surface area contributed by atoms with Crippen molar-refractivity contribution < 1.29 is 9.21 Å². The molecule has 0 aliphatic carbocycles. The minimum Gasteiger partial charge on any atom is -0.467 e. The number of likely N-dealkylation sites (tertiary alicyclic amines) is 1. The Morgan fingerprint density at radius 2 is 2.21 bits per heavy atom. The second kappa shape index (κ2) is 5.47. The van der Waals surface area contributed by atoms with Crippen LogP contribution < -0.4 is 0 Å². The van der Waals surface area contributed by atoms with Crippen molar-refractivity contribution in [2.45, 2.75) is 32.7 Å². The number of furan rings is 1. The Kier molecular flexibility index (Phi) is 3.40. The first-order valence-corrected chi connectivity index (χ1v) is 8.21. The van der Waals surface area contributed by atoms with E-state index in [2.05, 4.69) is 10.1 Å². The molecule has 0 N–H and O–H groups in total. The molecule has 0 radical (unpaired) electrons. The zero-order valence-electron chi connectivity index (χ0n) is 14.1. The van der Waals surface area contributed by atoms with Crippen LogP contribution in [0.2, 0.25) is 0 Å². The van der Waals surface area contributed by atoms with Crippen LogP contribution >= 0.6 is 0 Å². The third kappa shape index (κ3) is 2.21. The number of rotatable bonds is 2. The summed E-state index contributed by atoms with van der Waals surface area (Å²) in [4.78, 5) is 19.8. The average Bonchev–Trinajstić information content (AvgIpc) is 3.27. The molecule has 6 heteroatoms. The zero-order chi connectivity index (χ0) is 16.8. The van der Waals surface area contributed by atoms with Gasteiger partial charge >= 0.3 is 0 Å². The fourth-order valence-electron chi connectivity index (χ4n) is 3.68. The molecule has 4 rings (SSSR count). The molecule has 124 valence electrons. The summed E-state index contributed by atoms with van der Waals surface area (Å²) < 4.78 is 7.29. The molecular weight excluding hydrogens is 304 g/mol. The Morgan fingerprint density at radius 3 is 2.96 bits per heavy atom. The molecule has 1 fully saturated rings. The van der Waals surface area contributed by atoms with Gasteiger partial charge in [0.1, 0.15) is 5.76 Å². The van der Waals surface area contributed by atoms with Crippen LogP contribution in [0, 0.1) is 13.8 Å². The second-order valence-corrected chi connectivity index (χ2v) is 6.39. The molecule has 1 aliphatic heterocycles. The van der Waals surface area contributed by atoms with Gasteiger partial charge in [0.15, 0.2) is 5.65 Å². The number of carbonyl (C=O) groups is 1. The maximum absolute atomic E-state index is 13.3. The molecule has 0 bridgehead atoms. The highest BCUT2D eigenvalue weighted by Gasteiger charge is 2.33. The van der Waals surface area contributed by atoms with Gasteiger partial charge in [-0.25, -0.2) is 4.98 Å². The monoisotopic (exact) mass is 324 g/mol. The molecule has 0 spiro atoms. The van der Waals surface area contributed by atoms with E-state index in [0.717, 1.165) is 47.6 Å². The number of hydrogen-bond donors (Lipinski definition) is 0. The lowest BCUT2D eigenvalue weighted by atomic mass is 10.1. The molecule has 1 amide bonds. The van der Waals surface area contributed by atoms with Gasteiger partial charge in [0.25, 0.3) is 5.91 Å². The Balaban J connectivity index is 1.81. The van der Waals surface area contributed by atoms with Gasteiger partial charge in [-0.2, -0.15) is 5.10 Å². The topological polar surface area (TPSA) is 64.2 Å². The molecule has 4 heterocycles. The lowest BCUT2D eigenvalue weighted by Crippen LogP contribution is -2.30. The van der Waals surface area contributed by atoms with Crippen molar-refractivity contribution in [3.05, 3.63) is 47.2 Å². The van der Waals surface area contributed by atoms with E-state index in [1.807, 2.05) is 44.0 Å². The standard InChI is InChI=1S/C18H20N4O2/c1-11-10-13(16-12(2)20-21(3)17(16)19-11)18(23)22-8-4-6-14(22)15-7-5-9-24-15/h5,7,9-10,14H,4,6,8H2,1-3H3/t14-/m1/s1.